The first kappa shape index (κ1) is 13.3. The SMILES string of the molecule is CC(C)(C)NCCN1C(=O)NC2(CCCC2)C1=O. The zero-order chi connectivity index (χ0) is 13.4. The molecule has 2 N–H and O–H groups in total. The van der Waals surface area contributed by atoms with Crippen molar-refractivity contribution in [2.45, 2.75) is 57.5 Å². The van der Waals surface area contributed by atoms with Crippen LogP contribution in [0.2, 0.25) is 0 Å². The van der Waals surface area contributed by atoms with Gasteiger partial charge >= 0.3 is 6.03 Å². The Morgan fingerprint density at radius 3 is 2.44 bits per heavy atom. The first-order valence-corrected chi connectivity index (χ1v) is 6.73. The minimum atomic E-state index is -0.571. The van der Waals surface area contributed by atoms with Crippen LogP contribution in [-0.4, -0.2) is 41.0 Å². The smallest absolute Gasteiger partial charge is 0.323 e. The fraction of sp³-hybridized carbons (Fsp3) is 0.846. The quantitative estimate of drug-likeness (QED) is 0.744. The molecule has 0 aromatic rings. The van der Waals surface area contributed by atoms with E-state index in [9.17, 15) is 9.59 Å². The number of hydrogen-bond donors (Lipinski definition) is 2. The minimum absolute atomic E-state index is 0.00426. The van der Waals surface area contributed by atoms with E-state index in [0.29, 0.717) is 13.1 Å². The lowest BCUT2D eigenvalue weighted by atomic mass is 9.98. The van der Waals surface area contributed by atoms with E-state index in [1.165, 1.54) is 4.90 Å². The Hall–Kier alpha value is -1.10. The van der Waals surface area contributed by atoms with Crippen LogP contribution in [-0.2, 0) is 4.79 Å². The largest absolute Gasteiger partial charge is 0.325 e. The van der Waals surface area contributed by atoms with E-state index < -0.39 is 5.54 Å². The molecule has 0 bridgehead atoms. The van der Waals surface area contributed by atoms with E-state index in [1.54, 1.807) is 0 Å². The van der Waals surface area contributed by atoms with Crippen LogP contribution in [0.3, 0.4) is 0 Å². The van der Waals surface area contributed by atoms with Gasteiger partial charge in [0.25, 0.3) is 5.91 Å². The normalized spacial score (nSPS) is 22.9. The Labute approximate surface area is 108 Å². The highest BCUT2D eigenvalue weighted by Gasteiger charge is 2.52. The van der Waals surface area contributed by atoms with Crippen molar-refractivity contribution < 1.29 is 9.59 Å². The molecule has 0 unspecified atom stereocenters. The van der Waals surface area contributed by atoms with E-state index >= 15 is 0 Å². The lowest BCUT2D eigenvalue weighted by molar-refractivity contribution is -0.131. The highest BCUT2D eigenvalue weighted by molar-refractivity contribution is 6.07. The van der Waals surface area contributed by atoms with Gasteiger partial charge in [-0.3, -0.25) is 9.69 Å². The van der Waals surface area contributed by atoms with E-state index in [0.717, 1.165) is 25.7 Å². The molecule has 1 aliphatic carbocycles. The van der Waals surface area contributed by atoms with Gasteiger partial charge in [-0.25, -0.2) is 4.79 Å². The first-order valence-electron chi connectivity index (χ1n) is 6.73. The van der Waals surface area contributed by atoms with Gasteiger partial charge in [0.15, 0.2) is 0 Å². The number of nitrogens with zero attached hydrogens (tertiary/aromatic N) is 1. The van der Waals surface area contributed by atoms with Crippen LogP contribution in [0, 0.1) is 0 Å². The summed E-state index contributed by atoms with van der Waals surface area (Å²) in [6, 6.07) is -0.224. The molecule has 102 valence electrons. The fourth-order valence-corrected chi connectivity index (χ4v) is 2.74. The van der Waals surface area contributed by atoms with Gasteiger partial charge in [0.2, 0.25) is 0 Å². The molecule has 18 heavy (non-hydrogen) atoms. The summed E-state index contributed by atoms with van der Waals surface area (Å²) in [4.78, 5) is 25.5. The van der Waals surface area contributed by atoms with E-state index in [4.69, 9.17) is 0 Å². The van der Waals surface area contributed by atoms with Crippen LogP contribution in [0.5, 0.6) is 0 Å². The molecule has 1 heterocycles. The summed E-state index contributed by atoms with van der Waals surface area (Å²) in [6.45, 7) is 7.29. The van der Waals surface area contributed by atoms with Crippen molar-refractivity contribution >= 4 is 11.9 Å². The third kappa shape index (κ3) is 2.51. The maximum absolute atomic E-state index is 12.3. The van der Waals surface area contributed by atoms with Crippen molar-refractivity contribution in [3.63, 3.8) is 0 Å². The molecule has 1 spiro atoms. The third-order valence-electron chi connectivity index (χ3n) is 3.69. The van der Waals surface area contributed by atoms with Crippen molar-refractivity contribution in [2.24, 2.45) is 0 Å². The summed E-state index contributed by atoms with van der Waals surface area (Å²) in [5, 5.41) is 6.18. The van der Waals surface area contributed by atoms with Crippen LogP contribution >= 0.6 is 0 Å². The molecule has 3 amide bonds. The summed E-state index contributed by atoms with van der Waals surface area (Å²) in [5.74, 6) is -0.0271. The molecular weight excluding hydrogens is 230 g/mol. The van der Waals surface area contributed by atoms with Gasteiger partial charge in [-0.15, -0.1) is 0 Å². The fourth-order valence-electron chi connectivity index (χ4n) is 2.74. The molecule has 2 aliphatic rings. The molecule has 5 nitrogen and oxygen atoms in total. The topological polar surface area (TPSA) is 61.4 Å². The highest BCUT2D eigenvalue weighted by Crippen LogP contribution is 2.34. The standard InChI is InChI=1S/C13H23N3O2/c1-12(2,3)14-8-9-16-10(17)13(15-11(16)18)6-4-5-7-13/h14H,4-9H2,1-3H3,(H,15,18). The van der Waals surface area contributed by atoms with Gasteiger partial charge in [-0.2, -0.15) is 0 Å². The van der Waals surface area contributed by atoms with Gasteiger partial charge in [0.05, 0.1) is 0 Å². The summed E-state index contributed by atoms with van der Waals surface area (Å²) < 4.78 is 0. The van der Waals surface area contributed by atoms with Gasteiger partial charge in [-0.05, 0) is 33.6 Å². The zero-order valence-electron chi connectivity index (χ0n) is 11.5. The average Bonchev–Trinajstić information content (AvgIpc) is 2.78. The maximum Gasteiger partial charge on any atom is 0.325 e. The second kappa shape index (κ2) is 4.53. The summed E-state index contributed by atoms with van der Waals surface area (Å²) in [6.07, 6.45) is 3.64. The Bertz CT molecular complexity index is 354. The number of nitrogens with one attached hydrogen (secondary N) is 2. The Morgan fingerprint density at radius 2 is 1.89 bits per heavy atom. The van der Waals surface area contributed by atoms with Gasteiger partial charge in [0, 0.05) is 18.6 Å². The molecule has 1 saturated heterocycles. The van der Waals surface area contributed by atoms with Gasteiger partial charge in [0.1, 0.15) is 5.54 Å². The minimum Gasteiger partial charge on any atom is -0.323 e. The van der Waals surface area contributed by atoms with E-state index in [2.05, 4.69) is 31.4 Å². The number of urea groups is 1. The van der Waals surface area contributed by atoms with Crippen molar-refractivity contribution in [1.82, 2.24) is 15.5 Å². The number of carbonyl (C=O) groups excluding carboxylic acids is 2. The van der Waals surface area contributed by atoms with Crippen molar-refractivity contribution in [2.75, 3.05) is 13.1 Å². The van der Waals surface area contributed by atoms with Crippen LogP contribution in [0.15, 0.2) is 0 Å². The molecule has 2 fully saturated rings. The lowest BCUT2D eigenvalue weighted by Gasteiger charge is -2.23. The lowest BCUT2D eigenvalue weighted by Crippen LogP contribution is -2.45. The van der Waals surface area contributed by atoms with E-state index in [1.807, 2.05) is 0 Å². The molecule has 1 aliphatic heterocycles. The number of carbonyl (C=O) groups is 2. The number of amides is 3. The summed E-state index contributed by atoms with van der Waals surface area (Å²) in [7, 11) is 0. The predicted molar refractivity (Wildman–Crippen MR) is 69.2 cm³/mol. The van der Waals surface area contributed by atoms with E-state index in [-0.39, 0.29) is 17.5 Å². The summed E-state index contributed by atoms with van der Waals surface area (Å²) in [5.41, 5.74) is -0.566. The predicted octanol–water partition coefficient (Wildman–Crippen LogP) is 1.24. The molecular formula is C13H23N3O2. The number of rotatable bonds is 3. The molecule has 0 radical (unpaired) electrons. The second-order valence-corrected chi connectivity index (χ2v) is 6.35. The number of hydrogen-bond acceptors (Lipinski definition) is 3. The average molecular weight is 253 g/mol. The van der Waals surface area contributed by atoms with Crippen LogP contribution < -0.4 is 10.6 Å². The first-order chi connectivity index (χ1) is 8.34. The van der Waals surface area contributed by atoms with Gasteiger partial charge < -0.3 is 10.6 Å². The Kier molecular flexibility index (Phi) is 3.36. The molecule has 1 saturated carbocycles. The van der Waals surface area contributed by atoms with Crippen LogP contribution in [0.4, 0.5) is 4.79 Å². The molecule has 0 aromatic carbocycles. The Balaban J connectivity index is 1.93. The van der Waals surface area contributed by atoms with Crippen molar-refractivity contribution in [3.05, 3.63) is 0 Å². The third-order valence-corrected chi connectivity index (χ3v) is 3.69. The molecule has 2 rings (SSSR count). The van der Waals surface area contributed by atoms with Gasteiger partial charge in [-0.1, -0.05) is 12.8 Å². The van der Waals surface area contributed by atoms with Crippen LogP contribution in [0.1, 0.15) is 46.5 Å². The highest BCUT2D eigenvalue weighted by atomic mass is 16.2. The maximum atomic E-state index is 12.3. The molecule has 0 atom stereocenters. The van der Waals surface area contributed by atoms with Crippen LogP contribution in [0.25, 0.3) is 0 Å². The molecule has 5 heteroatoms. The zero-order valence-corrected chi connectivity index (χ0v) is 11.5. The molecule has 0 aromatic heterocycles. The monoisotopic (exact) mass is 253 g/mol. The second-order valence-electron chi connectivity index (χ2n) is 6.35. The van der Waals surface area contributed by atoms with Crippen molar-refractivity contribution in [1.29, 1.82) is 0 Å². The summed E-state index contributed by atoms with van der Waals surface area (Å²) >= 11 is 0. The van der Waals surface area contributed by atoms with Crippen molar-refractivity contribution in [3.8, 4) is 0 Å². The number of imide groups is 1. The Morgan fingerprint density at radius 1 is 1.28 bits per heavy atom.